The maximum Gasteiger partial charge on any atom is 0.287 e. The van der Waals surface area contributed by atoms with E-state index in [0.717, 1.165) is 4.88 Å². The van der Waals surface area contributed by atoms with Gasteiger partial charge in [-0.05, 0) is 47.4 Å². The Balaban J connectivity index is 1.73. The predicted molar refractivity (Wildman–Crippen MR) is 108 cm³/mol. The first-order chi connectivity index (χ1) is 13.6. The van der Waals surface area contributed by atoms with Crippen molar-refractivity contribution in [2.45, 2.75) is 0 Å². The summed E-state index contributed by atoms with van der Waals surface area (Å²) in [6.07, 6.45) is 2.97. The second-order valence-electron chi connectivity index (χ2n) is 5.64. The second-order valence-corrected chi connectivity index (χ2v) is 6.62. The van der Waals surface area contributed by atoms with Crippen LogP contribution in [0.1, 0.15) is 20.8 Å². The molecular formula is C21H16FN3O2S. The van der Waals surface area contributed by atoms with Crippen molar-refractivity contribution >= 4 is 35.4 Å². The first kappa shape index (κ1) is 19.2. The summed E-state index contributed by atoms with van der Waals surface area (Å²) in [4.78, 5) is 25.7. The van der Waals surface area contributed by atoms with Crippen LogP contribution < -0.4 is 10.7 Å². The van der Waals surface area contributed by atoms with Gasteiger partial charge in [-0.15, -0.1) is 11.3 Å². The molecule has 140 valence electrons. The van der Waals surface area contributed by atoms with Gasteiger partial charge in [-0.25, -0.2) is 9.82 Å². The number of amides is 2. The molecule has 0 aliphatic rings. The molecule has 1 heterocycles. The van der Waals surface area contributed by atoms with Gasteiger partial charge in [-0.1, -0.05) is 36.4 Å². The van der Waals surface area contributed by atoms with Gasteiger partial charge in [0.25, 0.3) is 11.8 Å². The molecule has 0 aliphatic heterocycles. The molecule has 3 rings (SSSR count). The first-order valence-corrected chi connectivity index (χ1v) is 9.20. The summed E-state index contributed by atoms with van der Waals surface area (Å²) in [5.74, 6) is -1.33. The summed E-state index contributed by atoms with van der Waals surface area (Å²) in [6, 6.07) is 17.9. The quantitative estimate of drug-likeness (QED) is 0.380. The van der Waals surface area contributed by atoms with E-state index in [0.29, 0.717) is 11.1 Å². The molecule has 0 spiro atoms. The molecule has 2 amide bonds. The molecule has 7 heteroatoms. The van der Waals surface area contributed by atoms with Gasteiger partial charge in [0.2, 0.25) is 0 Å². The molecule has 0 bridgehead atoms. The Morgan fingerprint density at radius 3 is 2.39 bits per heavy atom. The number of thiophene rings is 1. The van der Waals surface area contributed by atoms with Crippen molar-refractivity contribution in [1.82, 2.24) is 10.7 Å². The van der Waals surface area contributed by atoms with Crippen LogP contribution in [-0.2, 0) is 4.79 Å². The maximum absolute atomic E-state index is 12.9. The highest BCUT2D eigenvalue weighted by molar-refractivity contribution is 7.10. The lowest BCUT2D eigenvalue weighted by atomic mass is 10.2. The minimum atomic E-state index is -0.573. The van der Waals surface area contributed by atoms with Crippen LogP contribution in [-0.4, -0.2) is 18.0 Å². The third kappa shape index (κ3) is 5.46. The van der Waals surface area contributed by atoms with Crippen LogP contribution in [0.5, 0.6) is 0 Å². The van der Waals surface area contributed by atoms with E-state index in [9.17, 15) is 14.0 Å². The molecule has 0 saturated heterocycles. The van der Waals surface area contributed by atoms with Crippen molar-refractivity contribution in [3.05, 3.63) is 99.6 Å². The molecular weight excluding hydrogens is 377 g/mol. The largest absolute Gasteiger partial charge is 0.317 e. The molecule has 3 aromatic rings. The normalized spacial score (nSPS) is 11.4. The second kappa shape index (κ2) is 9.38. The topological polar surface area (TPSA) is 70.6 Å². The average molecular weight is 393 g/mol. The van der Waals surface area contributed by atoms with Crippen LogP contribution in [0.3, 0.4) is 0 Å². The van der Waals surface area contributed by atoms with Gasteiger partial charge >= 0.3 is 0 Å². The fourth-order valence-corrected chi connectivity index (χ4v) is 2.89. The highest BCUT2D eigenvalue weighted by Gasteiger charge is 2.14. The monoisotopic (exact) mass is 393 g/mol. The summed E-state index contributed by atoms with van der Waals surface area (Å²) in [5, 5.41) is 8.35. The summed E-state index contributed by atoms with van der Waals surface area (Å²) in [5.41, 5.74) is 3.49. The van der Waals surface area contributed by atoms with Crippen molar-refractivity contribution in [2.24, 2.45) is 5.10 Å². The molecule has 0 saturated carbocycles. The summed E-state index contributed by atoms with van der Waals surface area (Å²) < 4.78 is 12.9. The average Bonchev–Trinajstić information content (AvgIpc) is 3.22. The number of carbonyl (C=O) groups is 2. The molecule has 2 aromatic carbocycles. The van der Waals surface area contributed by atoms with Gasteiger partial charge in [0.1, 0.15) is 11.5 Å². The molecule has 0 fully saturated rings. The number of hydrogen-bond donors (Lipinski definition) is 2. The first-order valence-electron chi connectivity index (χ1n) is 8.32. The Labute approximate surface area is 165 Å². The molecule has 5 nitrogen and oxygen atoms in total. The van der Waals surface area contributed by atoms with Crippen molar-refractivity contribution in [2.75, 3.05) is 0 Å². The van der Waals surface area contributed by atoms with E-state index in [2.05, 4.69) is 15.8 Å². The van der Waals surface area contributed by atoms with Crippen molar-refractivity contribution in [3.8, 4) is 0 Å². The van der Waals surface area contributed by atoms with Crippen LogP contribution in [0.2, 0.25) is 0 Å². The Kier molecular flexibility index (Phi) is 6.43. The van der Waals surface area contributed by atoms with E-state index in [4.69, 9.17) is 0 Å². The Hall–Kier alpha value is -3.58. The van der Waals surface area contributed by atoms with Gasteiger partial charge in [0, 0.05) is 10.4 Å². The predicted octanol–water partition coefficient (Wildman–Crippen LogP) is 3.81. The van der Waals surface area contributed by atoms with E-state index in [1.807, 2.05) is 17.5 Å². The van der Waals surface area contributed by atoms with E-state index in [1.165, 1.54) is 41.8 Å². The highest BCUT2D eigenvalue weighted by Crippen LogP contribution is 2.13. The van der Waals surface area contributed by atoms with Crippen LogP contribution in [0.15, 0.2) is 82.9 Å². The van der Waals surface area contributed by atoms with Gasteiger partial charge < -0.3 is 5.32 Å². The minimum absolute atomic E-state index is 0.0626. The molecule has 0 aliphatic carbocycles. The van der Waals surface area contributed by atoms with Gasteiger partial charge in [-0.3, -0.25) is 9.59 Å². The van der Waals surface area contributed by atoms with Crippen LogP contribution in [0.25, 0.3) is 6.08 Å². The Bertz CT molecular complexity index is 998. The van der Waals surface area contributed by atoms with Gasteiger partial charge in [-0.2, -0.15) is 5.10 Å². The smallest absolute Gasteiger partial charge is 0.287 e. The Morgan fingerprint density at radius 2 is 1.71 bits per heavy atom. The third-order valence-electron chi connectivity index (χ3n) is 3.61. The molecule has 28 heavy (non-hydrogen) atoms. The van der Waals surface area contributed by atoms with Crippen LogP contribution in [0.4, 0.5) is 4.39 Å². The van der Waals surface area contributed by atoms with Gasteiger partial charge in [0.05, 0.1) is 6.21 Å². The number of halogens is 1. The van der Waals surface area contributed by atoms with Crippen molar-refractivity contribution in [3.63, 3.8) is 0 Å². The number of carbonyl (C=O) groups excluding carboxylic acids is 2. The highest BCUT2D eigenvalue weighted by atomic mass is 32.1. The number of rotatable bonds is 6. The molecule has 0 atom stereocenters. The summed E-state index contributed by atoms with van der Waals surface area (Å²) in [7, 11) is 0. The van der Waals surface area contributed by atoms with Crippen molar-refractivity contribution < 1.29 is 14.0 Å². The third-order valence-corrected chi connectivity index (χ3v) is 4.43. The number of benzene rings is 2. The van der Waals surface area contributed by atoms with Gasteiger partial charge in [0.15, 0.2) is 0 Å². The fraction of sp³-hybridized carbons (Fsp3) is 0. The standard InChI is InChI=1S/C21H16FN3O2S/c22-17-10-8-15(9-11-17)14-23-25-21(27)19(13-18-7-4-12-28-18)24-20(26)16-5-2-1-3-6-16/h1-14H,(H,24,26)(H,25,27). The van der Waals surface area contributed by atoms with E-state index >= 15 is 0 Å². The molecule has 0 unspecified atom stereocenters. The maximum atomic E-state index is 12.9. The number of hydrogen-bond acceptors (Lipinski definition) is 4. The summed E-state index contributed by atoms with van der Waals surface area (Å²) in [6.45, 7) is 0. The summed E-state index contributed by atoms with van der Waals surface area (Å²) >= 11 is 1.43. The zero-order chi connectivity index (χ0) is 19.8. The fourth-order valence-electron chi connectivity index (χ4n) is 2.23. The zero-order valence-corrected chi connectivity index (χ0v) is 15.4. The SMILES string of the molecule is O=C(NN=Cc1ccc(F)cc1)C(=Cc1cccs1)NC(=O)c1ccccc1. The molecule has 1 aromatic heterocycles. The van der Waals surface area contributed by atoms with E-state index < -0.39 is 11.8 Å². The number of nitrogens with one attached hydrogen (secondary N) is 2. The Morgan fingerprint density at radius 1 is 0.964 bits per heavy atom. The zero-order valence-electron chi connectivity index (χ0n) is 14.6. The lowest BCUT2D eigenvalue weighted by molar-refractivity contribution is -0.117. The van der Waals surface area contributed by atoms with E-state index in [1.54, 1.807) is 36.4 Å². The number of nitrogens with zero attached hydrogens (tertiary/aromatic N) is 1. The lowest BCUT2D eigenvalue weighted by Crippen LogP contribution is -2.32. The minimum Gasteiger partial charge on any atom is -0.317 e. The molecule has 0 radical (unpaired) electrons. The van der Waals surface area contributed by atoms with E-state index in [-0.39, 0.29) is 11.5 Å². The number of hydrazone groups is 1. The van der Waals surface area contributed by atoms with Crippen LogP contribution in [0, 0.1) is 5.82 Å². The van der Waals surface area contributed by atoms with Crippen molar-refractivity contribution in [1.29, 1.82) is 0 Å². The lowest BCUT2D eigenvalue weighted by Gasteiger charge is -2.08. The molecule has 2 N–H and O–H groups in total. The van der Waals surface area contributed by atoms with Crippen LogP contribution >= 0.6 is 11.3 Å².